The second-order valence-electron chi connectivity index (χ2n) is 5.66. The standard InChI is InChI=1S/C16H24N2O/c1-4-13(11(2)3)17-15-10-9-12-7-5-6-8-14(12)18-16(15)19/h5-8,11,13,15,17H,4,9-10H2,1-3H3,(H,18,19). The molecule has 3 nitrogen and oxygen atoms in total. The van der Waals surface area contributed by atoms with Crippen LogP contribution in [0.5, 0.6) is 0 Å². The Morgan fingerprint density at radius 2 is 2.11 bits per heavy atom. The Morgan fingerprint density at radius 3 is 2.79 bits per heavy atom. The van der Waals surface area contributed by atoms with E-state index in [9.17, 15) is 4.79 Å². The number of hydrogen-bond acceptors (Lipinski definition) is 2. The number of benzene rings is 1. The number of fused-ring (bicyclic) bond motifs is 1. The Labute approximate surface area is 115 Å². The zero-order chi connectivity index (χ0) is 13.8. The van der Waals surface area contributed by atoms with E-state index in [1.807, 2.05) is 18.2 Å². The molecule has 1 aliphatic rings. The van der Waals surface area contributed by atoms with E-state index >= 15 is 0 Å². The number of rotatable bonds is 4. The second kappa shape index (κ2) is 6.20. The molecule has 2 rings (SSSR count). The number of nitrogens with one attached hydrogen (secondary N) is 2. The fourth-order valence-corrected chi connectivity index (χ4v) is 2.71. The molecular weight excluding hydrogens is 236 g/mol. The number of carbonyl (C=O) groups excluding carboxylic acids is 1. The highest BCUT2D eigenvalue weighted by Crippen LogP contribution is 2.22. The van der Waals surface area contributed by atoms with Gasteiger partial charge in [-0.2, -0.15) is 0 Å². The molecule has 0 fully saturated rings. The van der Waals surface area contributed by atoms with Crippen molar-refractivity contribution >= 4 is 11.6 Å². The fourth-order valence-electron chi connectivity index (χ4n) is 2.71. The molecule has 0 aromatic heterocycles. The van der Waals surface area contributed by atoms with Gasteiger partial charge in [-0.1, -0.05) is 39.0 Å². The second-order valence-corrected chi connectivity index (χ2v) is 5.66. The molecule has 3 heteroatoms. The highest BCUT2D eigenvalue weighted by Gasteiger charge is 2.26. The van der Waals surface area contributed by atoms with Gasteiger partial charge in [0.2, 0.25) is 5.91 Å². The van der Waals surface area contributed by atoms with Gasteiger partial charge in [-0.15, -0.1) is 0 Å². The quantitative estimate of drug-likeness (QED) is 0.874. The monoisotopic (exact) mass is 260 g/mol. The van der Waals surface area contributed by atoms with Crippen LogP contribution in [0.25, 0.3) is 0 Å². The molecule has 2 unspecified atom stereocenters. The lowest BCUT2D eigenvalue weighted by Gasteiger charge is -2.26. The maximum Gasteiger partial charge on any atom is 0.241 e. The minimum absolute atomic E-state index is 0.0836. The first-order valence-electron chi connectivity index (χ1n) is 7.26. The van der Waals surface area contributed by atoms with Gasteiger partial charge >= 0.3 is 0 Å². The average Bonchev–Trinajstić information content (AvgIpc) is 2.54. The molecule has 1 aromatic rings. The lowest BCUT2D eigenvalue weighted by Crippen LogP contribution is -2.47. The predicted molar refractivity (Wildman–Crippen MR) is 79.2 cm³/mol. The highest BCUT2D eigenvalue weighted by molar-refractivity contribution is 5.96. The van der Waals surface area contributed by atoms with Crippen molar-refractivity contribution in [3.8, 4) is 0 Å². The van der Waals surface area contributed by atoms with Gasteiger partial charge in [-0.25, -0.2) is 0 Å². The maximum atomic E-state index is 12.3. The Morgan fingerprint density at radius 1 is 1.37 bits per heavy atom. The number of hydrogen-bond donors (Lipinski definition) is 2. The minimum Gasteiger partial charge on any atom is -0.324 e. The first-order chi connectivity index (χ1) is 9.11. The lowest BCUT2D eigenvalue weighted by molar-refractivity contribution is -0.118. The van der Waals surface area contributed by atoms with Gasteiger partial charge < -0.3 is 10.6 Å². The van der Waals surface area contributed by atoms with E-state index in [-0.39, 0.29) is 11.9 Å². The average molecular weight is 260 g/mol. The van der Waals surface area contributed by atoms with Gasteiger partial charge in [-0.3, -0.25) is 4.79 Å². The summed E-state index contributed by atoms with van der Waals surface area (Å²) < 4.78 is 0. The number of aryl methyl sites for hydroxylation is 1. The summed E-state index contributed by atoms with van der Waals surface area (Å²) in [5, 5.41) is 6.56. The first-order valence-corrected chi connectivity index (χ1v) is 7.26. The summed E-state index contributed by atoms with van der Waals surface area (Å²) in [6, 6.07) is 8.39. The topological polar surface area (TPSA) is 41.1 Å². The molecule has 0 radical (unpaired) electrons. The molecule has 2 N–H and O–H groups in total. The summed E-state index contributed by atoms with van der Waals surface area (Å²) in [6.45, 7) is 6.57. The maximum absolute atomic E-state index is 12.3. The van der Waals surface area contributed by atoms with E-state index in [1.165, 1.54) is 5.56 Å². The van der Waals surface area contributed by atoms with E-state index in [0.717, 1.165) is 24.9 Å². The van der Waals surface area contributed by atoms with Crippen LogP contribution in [0.2, 0.25) is 0 Å². The Bertz CT molecular complexity index is 442. The third-order valence-corrected chi connectivity index (χ3v) is 3.95. The largest absolute Gasteiger partial charge is 0.324 e. The SMILES string of the molecule is CCC(NC1CCc2ccccc2NC1=O)C(C)C. The van der Waals surface area contributed by atoms with Crippen molar-refractivity contribution in [3.05, 3.63) is 29.8 Å². The Balaban J connectivity index is 2.08. The molecule has 0 saturated heterocycles. The van der Waals surface area contributed by atoms with E-state index in [1.54, 1.807) is 0 Å². The highest BCUT2D eigenvalue weighted by atomic mass is 16.2. The zero-order valence-corrected chi connectivity index (χ0v) is 12.1. The van der Waals surface area contributed by atoms with Gasteiger partial charge in [0.05, 0.1) is 6.04 Å². The smallest absolute Gasteiger partial charge is 0.241 e. The van der Waals surface area contributed by atoms with E-state index in [0.29, 0.717) is 12.0 Å². The summed E-state index contributed by atoms with van der Waals surface area (Å²) in [5.74, 6) is 0.646. The minimum atomic E-state index is -0.0836. The Hall–Kier alpha value is -1.35. The molecule has 1 aliphatic heterocycles. The number of para-hydroxylation sites is 1. The molecule has 1 amide bonds. The molecular formula is C16H24N2O. The molecule has 0 saturated carbocycles. The third-order valence-electron chi connectivity index (χ3n) is 3.95. The van der Waals surface area contributed by atoms with Crippen LogP contribution in [-0.2, 0) is 11.2 Å². The van der Waals surface area contributed by atoms with Crippen molar-refractivity contribution in [1.82, 2.24) is 5.32 Å². The molecule has 1 aromatic carbocycles. The molecule has 1 heterocycles. The molecule has 0 bridgehead atoms. The van der Waals surface area contributed by atoms with Crippen molar-refractivity contribution in [3.63, 3.8) is 0 Å². The van der Waals surface area contributed by atoms with Crippen LogP contribution in [0.15, 0.2) is 24.3 Å². The molecule has 0 aliphatic carbocycles. The van der Waals surface area contributed by atoms with Gasteiger partial charge in [0.1, 0.15) is 0 Å². The third kappa shape index (κ3) is 3.35. The van der Waals surface area contributed by atoms with Gasteiger partial charge in [0.15, 0.2) is 0 Å². The first kappa shape index (κ1) is 14.1. The summed E-state index contributed by atoms with van der Waals surface area (Å²) in [6.07, 6.45) is 2.86. The van der Waals surface area contributed by atoms with E-state index in [4.69, 9.17) is 0 Å². The number of anilines is 1. The van der Waals surface area contributed by atoms with Crippen LogP contribution >= 0.6 is 0 Å². The van der Waals surface area contributed by atoms with Crippen molar-refractivity contribution < 1.29 is 4.79 Å². The van der Waals surface area contributed by atoms with Crippen molar-refractivity contribution in [2.45, 2.75) is 52.1 Å². The normalized spacial score (nSPS) is 20.6. The van der Waals surface area contributed by atoms with Crippen LogP contribution in [0.3, 0.4) is 0 Å². The van der Waals surface area contributed by atoms with Gasteiger partial charge in [0, 0.05) is 11.7 Å². The van der Waals surface area contributed by atoms with Crippen LogP contribution in [0.1, 0.15) is 39.2 Å². The van der Waals surface area contributed by atoms with Crippen LogP contribution in [0.4, 0.5) is 5.69 Å². The zero-order valence-electron chi connectivity index (χ0n) is 12.1. The van der Waals surface area contributed by atoms with Crippen LogP contribution in [0, 0.1) is 5.92 Å². The van der Waals surface area contributed by atoms with Crippen molar-refractivity contribution in [2.75, 3.05) is 5.32 Å². The molecule has 0 spiro atoms. The summed E-state index contributed by atoms with van der Waals surface area (Å²) in [7, 11) is 0. The van der Waals surface area contributed by atoms with Crippen molar-refractivity contribution in [2.24, 2.45) is 5.92 Å². The Kier molecular flexibility index (Phi) is 4.59. The molecule has 104 valence electrons. The van der Waals surface area contributed by atoms with E-state index in [2.05, 4.69) is 37.5 Å². The molecule has 19 heavy (non-hydrogen) atoms. The van der Waals surface area contributed by atoms with Crippen molar-refractivity contribution in [1.29, 1.82) is 0 Å². The summed E-state index contributed by atoms with van der Waals surface area (Å²) >= 11 is 0. The van der Waals surface area contributed by atoms with Gasteiger partial charge in [-0.05, 0) is 36.8 Å². The summed E-state index contributed by atoms with van der Waals surface area (Å²) in [5.41, 5.74) is 2.20. The van der Waals surface area contributed by atoms with Crippen LogP contribution in [-0.4, -0.2) is 18.0 Å². The number of amides is 1. The lowest BCUT2D eigenvalue weighted by atomic mass is 9.99. The molecule has 2 atom stereocenters. The van der Waals surface area contributed by atoms with Gasteiger partial charge in [0.25, 0.3) is 0 Å². The van der Waals surface area contributed by atoms with E-state index < -0.39 is 0 Å². The number of carbonyl (C=O) groups is 1. The fraction of sp³-hybridized carbons (Fsp3) is 0.562. The van der Waals surface area contributed by atoms with Crippen LogP contribution < -0.4 is 10.6 Å². The summed E-state index contributed by atoms with van der Waals surface area (Å²) in [4.78, 5) is 12.3. The predicted octanol–water partition coefficient (Wildman–Crippen LogP) is 2.96.